The Morgan fingerprint density at radius 3 is 1.02 bits per heavy atom. The first kappa shape index (κ1) is 40.6. The molecule has 41 heavy (non-hydrogen) atoms. The fourth-order valence-electron chi connectivity index (χ4n) is 3.82. The monoisotopic (exact) mass is 596 g/mol. The summed E-state index contributed by atoms with van der Waals surface area (Å²) >= 11 is 0. The van der Waals surface area contributed by atoms with Crippen LogP contribution in [0.2, 0.25) is 0 Å². The van der Waals surface area contributed by atoms with E-state index >= 15 is 0 Å². The summed E-state index contributed by atoms with van der Waals surface area (Å²) in [5.74, 6) is 0.620. The summed E-state index contributed by atoms with van der Waals surface area (Å²) in [6.45, 7) is 14.4. The fraction of sp³-hybridized carbons (Fsp3) is 1.00. The fourth-order valence-corrected chi connectivity index (χ4v) is 3.82. The highest BCUT2D eigenvalue weighted by atomic mass is 16.6. The largest absolute Gasteiger partial charge is 0.394 e. The second-order valence-corrected chi connectivity index (χ2v) is 10.1. The smallest absolute Gasteiger partial charge is 0.0701 e. The van der Waals surface area contributed by atoms with E-state index in [1.165, 1.54) is 57.8 Å². The third kappa shape index (κ3) is 37.6. The standard InChI is InChI=1S/C31H64O10/c1-3-4-5-6-7-8-9-10-11-31(2)30-41-29-28-40-27-26-39-25-24-38-23-22-37-21-20-36-19-18-35-17-16-34-15-14-33-13-12-32/h31-32H,3-30H2,1-2H3. The van der Waals surface area contributed by atoms with Crippen LogP contribution in [0.5, 0.6) is 0 Å². The lowest BCUT2D eigenvalue weighted by Crippen LogP contribution is -2.15. The SMILES string of the molecule is CCCCCCCCCCC(C)COCCOCCOCCOCCOCCOCCOCCOCCOCCO. The van der Waals surface area contributed by atoms with Crippen molar-refractivity contribution in [2.24, 2.45) is 5.92 Å². The molecule has 0 heterocycles. The molecule has 0 rings (SSSR count). The Balaban J connectivity index is 3.10. The molecule has 10 nitrogen and oxygen atoms in total. The van der Waals surface area contributed by atoms with Gasteiger partial charge in [-0.25, -0.2) is 0 Å². The molecule has 0 aliphatic rings. The van der Waals surface area contributed by atoms with Gasteiger partial charge < -0.3 is 47.7 Å². The number of rotatable bonds is 37. The number of hydrogen-bond donors (Lipinski definition) is 1. The average molecular weight is 597 g/mol. The third-order valence-electron chi connectivity index (χ3n) is 6.16. The molecule has 0 fully saturated rings. The van der Waals surface area contributed by atoms with Crippen molar-refractivity contribution >= 4 is 0 Å². The van der Waals surface area contributed by atoms with Gasteiger partial charge >= 0.3 is 0 Å². The van der Waals surface area contributed by atoms with E-state index in [1.807, 2.05) is 0 Å². The molecule has 0 aromatic rings. The van der Waals surface area contributed by atoms with Crippen molar-refractivity contribution in [3.8, 4) is 0 Å². The number of aliphatic hydroxyl groups excluding tert-OH is 1. The summed E-state index contributed by atoms with van der Waals surface area (Å²) in [5, 5.41) is 8.57. The lowest BCUT2D eigenvalue weighted by atomic mass is 10.0. The van der Waals surface area contributed by atoms with Gasteiger partial charge in [0.2, 0.25) is 0 Å². The molecule has 0 spiro atoms. The Morgan fingerprint density at radius 2 is 0.683 bits per heavy atom. The number of hydrogen-bond acceptors (Lipinski definition) is 10. The van der Waals surface area contributed by atoms with Crippen molar-refractivity contribution in [2.75, 3.05) is 126 Å². The van der Waals surface area contributed by atoms with Crippen LogP contribution in [0.3, 0.4) is 0 Å². The molecule has 0 bridgehead atoms. The molecule has 0 aromatic carbocycles. The minimum absolute atomic E-state index is 0.0321. The first-order chi connectivity index (χ1) is 20.3. The number of aliphatic hydroxyl groups is 1. The van der Waals surface area contributed by atoms with Gasteiger partial charge in [-0.2, -0.15) is 0 Å². The van der Waals surface area contributed by atoms with Gasteiger partial charge in [0.25, 0.3) is 0 Å². The topological polar surface area (TPSA) is 103 Å². The van der Waals surface area contributed by atoms with E-state index in [2.05, 4.69) is 13.8 Å². The van der Waals surface area contributed by atoms with Crippen molar-refractivity contribution in [2.45, 2.75) is 71.6 Å². The molecule has 0 radical (unpaired) electrons. The molecule has 1 atom stereocenters. The van der Waals surface area contributed by atoms with Crippen LogP contribution < -0.4 is 0 Å². The summed E-state index contributed by atoms with van der Waals surface area (Å²) in [6.07, 6.45) is 12.2. The first-order valence-electron chi connectivity index (χ1n) is 16.1. The summed E-state index contributed by atoms with van der Waals surface area (Å²) in [6, 6.07) is 0. The molecule has 10 heteroatoms. The molecule has 1 unspecified atom stereocenters. The Hall–Kier alpha value is -0.400. The Kier molecular flexibility index (Phi) is 37.3. The zero-order valence-corrected chi connectivity index (χ0v) is 26.5. The van der Waals surface area contributed by atoms with E-state index in [0.29, 0.717) is 118 Å². The van der Waals surface area contributed by atoms with E-state index < -0.39 is 0 Å². The summed E-state index contributed by atoms with van der Waals surface area (Å²) in [4.78, 5) is 0. The molecular formula is C31H64O10. The summed E-state index contributed by atoms with van der Waals surface area (Å²) in [5.41, 5.74) is 0. The Labute approximate surface area is 251 Å². The summed E-state index contributed by atoms with van der Waals surface area (Å²) < 4.78 is 49.1. The minimum atomic E-state index is 0.0321. The molecule has 0 aliphatic carbocycles. The third-order valence-corrected chi connectivity index (χ3v) is 6.16. The quantitative estimate of drug-likeness (QED) is 0.104. The van der Waals surface area contributed by atoms with Gasteiger partial charge in [-0.15, -0.1) is 0 Å². The molecule has 0 amide bonds. The predicted molar refractivity (Wildman–Crippen MR) is 161 cm³/mol. The van der Waals surface area contributed by atoms with Crippen LogP contribution in [0.1, 0.15) is 71.6 Å². The van der Waals surface area contributed by atoms with Gasteiger partial charge in [-0.05, 0) is 12.3 Å². The van der Waals surface area contributed by atoms with Crippen LogP contribution in [0.25, 0.3) is 0 Å². The van der Waals surface area contributed by atoms with Crippen molar-refractivity contribution in [1.29, 1.82) is 0 Å². The lowest BCUT2D eigenvalue weighted by molar-refractivity contribution is -0.0260. The maximum absolute atomic E-state index is 8.57. The van der Waals surface area contributed by atoms with E-state index in [4.69, 9.17) is 47.7 Å². The van der Waals surface area contributed by atoms with Gasteiger partial charge in [0.15, 0.2) is 0 Å². The van der Waals surface area contributed by atoms with Crippen molar-refractivity contribution in [3.63, 3.8) is 0 Å². The molecule has 1 N–H and O–H groups in total. The Morgan fingerprint density at radius 1 is 0.390 bits per heavy atom. The van der Waals surface area contributed by atoms with Gasteiger partial charge in [-0.1, -0.05) is 65.2 Å². The second-order valence-electron chi connectivity index (χ2n) is 10.1. The number of unbranched alkanes of at least 4 members (excludes halogenated alkanes) is 7. The highest BCUT2D eigenvalue weighted by Gasteiger charge is 2.02. The molecule has 0 saturated carbocycles. The van der Waals surface area contributed by atoms with Crippen molar-refractivity contribution in [1.82, 2.24) is 0 Å². The second kappa shape index (κ2) is 37.6. The molecule has 0 aromatic heterocycles. The van der Waals surface area contributed by atoms with Crippen LogP contribution in [0.15, 0.2) is 0 Å². The maximum Gasteiger partial charge on any atom is 0.0701 e. The van der Waals surface area contributed by atoms with E-state index in [-0.39, 0.29) is 6.61 Å². The van der Waals surface area contributed by atoms with Gasteiger partial charge in [0.05, 0.1) is 119 Å². The van der Waals surface area contributed by atoms with Gasteiger partial charge in [0.1, 0.15) is 0 Å². The average Bonchev–Trinajstić information content (AvgIpc) is 2.98. The van der Waals surface area contributed by atoms with E-state index in [0.717, 1.165) is 6.61 Å². The predicted octanol–water partition coefficient (Wildman–Crippen LogP) is 4.30. The zero-order valence-electron chi connectivity index (χ0n) is 26.5. The highest BCUT2D eigenvalue weighted by molar-refractivity contribution is 4.53. The van der Waals surface area contributed by atoms with E-state index in [1.54, 1.807) is 0 Å². The van der Waals surface area contributed by atoms with Crippen LogP contribution >= 0.6 is 0 Å². The number of ether oxygens (including phenoxy) is 9. The molecule has 0 aliphatic heterocycles. The van der Waals surface area contributed by atoms with Crippen LogP contribution in [0, 0.1) is 5.92 Å². The van der Waals surface area contributed by atoms with Gasteiger partial charge in [-0.3, -0.25) is 0 Å². The van der Waals surface area contributed by atoms with Crippen molar-refractivity contribution in [3.05, 3.63) is 0 Å². The first-order valence-corrected chi connectivity index (χ1v) is 16.1. The normalized spacial score (nSPS) is 12.4. The van der Waals surface area contributed by atoms with E-state index in [9.17, 15) is 0 Å². The van der Waals surface area contributed by atoms with Crippen LogP contribution in [0.4, 0.5) is 0 Å². The maximum atomic E-state index is 8.57. The molecule has 248 valence electrons. The lowest BCUT2D eigenvalue weighted by Gasteiger charge is -2.12. The summed E-state index contributed by atoms with van der Waals surface area (Å²) in [7, 11) is 0. The van der Waals surface area contributed by atoms with Crippen LogP contribution in [-0.4, -0.2) is 131 Å². The molecule has 0 saturated heterocycles. The zero-order chi connectivity index (χ0) is 29.7. The molecular weight excluding hydrogens is 532 g/mol. The van der Waals surface area contributed by atoms with Crippen LogP contribution in [-0.2, 0) is 42.6 Å². The highest BCUT2D eigenvalue weighted by Crippen LogP contribution is 2.13. The minimum Gasteiger partial charge on any atom is -0.394 e. The van der Waals surface area contributed by atoms with Crippen molar-refractivity contribution < 1.29 is 47.7 Å². The van der Waals surface area contributed by atoms with Gasteiger partial charge in [0, 0.05) is 6.61 Å². The Bertz CT molecular complexity index is 459.